The number of carbonyl (C=O) groups is 6. The SMILES string of the molecule is CC(=O)C1C(=O)C(C(C)C)[C@@]2(C)C[C@@]3(C)Cc4c(C(C)C)cc(CCC(=O)OCC(C)(C)C)c(O)c4C(=O)C3C(=O)[C@@]2(O)C1=O. The second kappa shape index (κ2) is 11.2. The fraction of sp³-hybridized carbons (Fsp3) is 0.667. The van der Waals surface area contributed by atoms with Gasteiger partial charge in [0.1, 0.15) is 17.5 Å². The molecule has 45 heavy (non-hydrogen) atoms. The van der Waals surface area contributed by atoms with Crippen molar-refractivity contribution < 1.29 is 43.7 Å². The number of ketones is 5. The van der Waals surface area contributed by atoms with E-state index in [-0.39, 0.29) is 54.9 Å². The standard InChI is InChI=1S/C36H48O9/c1-17(2)21-13-20(11-12-23(38)45-16-33(6,7)8)28(39)25-22(21)14-34(9)15-35(10)26(18(3)4)29(40)24(19(5)37)31(42)36(35,44)32(43)27(34)30(25)41/h13,17-18,24,26-27,39,44H,11-12,14-16H2,1-10H3/t24?,26?,27?,34-,35-,36+/m1/s1. The van der Waals surface area contributed by atoms with Gasteiger partial charge >= 0.3 is 5.97 Å². The molecule has 1 aromatic rings. The summed E-state index contributed by atoms with van der Waals surface area (Å²) >= 11 is 0. The second-order valence-corrected chi connectivity index (χ2v) is 16.0. The first-order valence-corrected chi connectivity index (χ1v) is 16.0. The Morgan fingerprint density at radius 3 is 2.16 bits per heavy atom. The van der Waals surface area contributed by atoms with Crippen LogP contribution in [0.4, 0.5) is 0 Å². The summed E-state index contributed by atoms with van der Waals surface area (Å²) in [5, 5.41) is 23.7. The summed E-state index contributed by atoms with van der Waals surface area (Å²) in [6.45, 7) is 17.9. The molecule has 2 N–H and O–H groups in total. The van der Waals surface area contributed by atoms with Gasteiger partial charge in [0.05, 0.1) is 18.1 Å². The molecule has 3 aliphatic rings. The van der Waals surface area contributed by atoms with E-state index in [0.29, 0.717) is 11.1 Å². The zero-order chi connectivity index (χ0) is 34.2. The molecule has 3 unspecified atom stereocenters. The van der Waals surface area contributed by atoms with Crippen molar-refractivity contribution in [2.24, 2.45) is 39.9 Å². The molecule has 9 heteroatoms. The first-order chi connectivity index (χ1) is 20.5. The molecule has 9 nitrogen and oxygen atoms in total. The Balaban J connectivity index is 1.85. The third-order valence-corrected chi connectivity index (χ3v) is 10.4. The maximum absolute atomic E-state index is 14.5. The van der Waals surface area contributed by atoms with Crippen molar-refractivity contribution in [2.75, 3.05) is 6.61 Å². The third-order valence-electron chi connectivity index (χ3n) is 10.4. The number of carbonyl (C=O) groups excluding carboxylic acids is 6. The smallest absolute Gasteiger partial charge is 0.306 e. The molecule has 6 atom stereocenters. The first-order valence-electron chi connectivity index (χ1n) is 16.0. The van der Waals surface area contributed by atoms with Crippen molar-refractivity contribution in [3.63, 3.8) is 0 Å². The fourth-order valence-electron chi connectivity index (χ4n) is 8.60. The van der Waals surface area contributed by atoms with Gasteiger partial charge in [-0.2, -0.15) is 0 Å². The Morgan fingerprint density at radius 1 is 1.04 bits per heavy atom. The van der Waals surface area contributed by atoms with Gasteiger partial charge in [-0.3, -0.25) is 28.8 Å². The minimum absolute atomic E-state index is 0.00268. The van der Waals surface area contributed by atoms with Gasteiger partial charge in [-0.25, -0.2) is 0 Å². The minimum atomic E-state index is -2.74. The van der Waals surface area contributed by atoms with Crippen molar-refractivity contribution in [3.05, 3.63) is 28.3 Å². The summed E-state index contributed by atoms with van der Waals surface area (Å²) in [5.41, 5.74) is -3.90. The van der Waals surface area contributed by atoms with Crippen LogP contribution in [0.25, 0.3) is 0 Å². The number of aliphatic hydroxyl groups is 1. The lowest BCUT2D eigenvalue weighted by molar-refractivity contribution is -0.205. The van der Waals surface area contributed by atoms with Gasteiger partial charge in [0.25, 0.3) is 0 Å². The summed E-state index contributed by atoms with van der Waals surface area (Å²) in [6.07, 6.45) is 0.263. The number of aromatic hydroxyl groups is 1. The van der Waals surface area contributed by atoms with Crippen molar-refractivity contribution in [2.45, 2.75) is 106 Å². The van der Waals surface area contributed by atoms with E-state index in [0.717, 1.165) is 12.5 Å². The molecule has 2 fully saturated rings. The van der Waals surface area contributed by atoms with Crippen molar-refractivity contribution in [1.29, 1.82) is 0 Å². The number of rotatable bonds is 7. The molecule has 3 aliphatic carbocycles. The van der Waals surface area contributed by atoms with Crippen LogP contribution in [0.5, 0.6) is 5.75 Å². The van der Waals surface area contributed by atoms with Crippen LogP contribution < -0.4 is 0 Å². The molecule has 1 aromatic carbocycles. The van der Waals surface area contributed by atoms with E-state index in [2.05, 4.69) is 0 Å². The summed E-state index contributed by atoms with van der Waals surface area (Å²) in [7, 11) is 0. The van der Waals surface area contributed by atoms with Crippen LogP contribution in [0, 0.1) is 39.9 Å². The number of benzene rings is 1. The number of phenols is 1. The number of aryl methyl sites for hydroxylation is 1. The van der Waals surface area contributed by atoms with E-state index >= 15 is 0 Å². The third kappa shape index (κ3) is 5.29. The Morgan fingerprint density at radius 2 is 1.64 bits per heavy atom. The quantitative estimate of drug-likeness (QED) is 0.324. The maximum atomic E-state index is 14.5. The monoisotopic (exact) mass is 624 g/mol. The number of ether oxygens (including phenoxy) is 1. The number of hydrogen-bond donors (Lipinski definition) is 2. The van der Waals surface area contributed by atoms with E-state index in [1.807, 2.05) is 34.6 Å². The highest BCUT2D eigenvalue weighted by Crippen LogP contribution is 2.64. The number of esters is 1. The molecule has 0 amide bonds. The molecule has 0 heterocycles. The number of fused-ring (bicyclic) bond motifs is 3. The molecule has 0 aromatic heterocycles. The molecular formula is C36H48O9. The summed E-state index contributed by atoms with van der Waals surface area (Å²) in [5.74, 6) is -9.77. The zero-order valence-corrected chi connectivity index (χ0v) is 28.3. The summed E-state index contributed by atoms with van der Waals surface area (Å²) < 4.78 is 5.38. The Hall–Kier alpha value is -3.20. The molecule has 246 valence electrons. The highest BCUT2D eigenvalue weighted by Gasteiger charge is 2.76. The second-order valence-electron chi connectivity index (χ2n) is 16.0. The Kier molecular flexibility index (Phi) is 8.67. The maximum Gasteiger partial charge on any atom is 0.306 e. The number of phenolic OH excluding ortho intramolecular Hbond substituents is 1. The number of hydrogen-bond acceptors (Lipinski definition) is 9. The van der Waals surface area contributed by atoms with Gasteiger partial charge in [0.15, 0.2) is 28.7 Å². The van der Waals surface area contributed by atoms with E-state index in [9.17, 15) is 39.0 Å². The van der Waals surface area contributed by atoms with Crippen LogP contribution in [0.3, 0.4) is 0 Å². The van der Waals surface area contributed by atoms with Gasteiger partial charge < -0.3 is 14.9 Å². The van der Waals surface area contributed by atoms with Crippen molar-refractivity contribution in [1.82, 2.24) is 0 Å². The van der Waals surface area contributed by atoms with E-state index < -0.39 is 75.0 Å². The molecule has 2 saturated carbocycles. The average molecular weight is 625 g/mol. The highest BCUT2D eigenvalue weighted by molar-refractivity contribution is 6.32. The number of Topliss-reactive ketones (excluding diaryl/α,β-unsaturated/α-hetero) is 5. The van der Waals surface area contributed by atoms with Gasteiger partial charge in [-0.1, -0.05) is 68.4 Å². The van der Waals surface area contributed by atoms with E-state index in [4.69, 9.17) is 4.74 Å². The van der Waals surface area contributed by atoms with Gasteiger partial charge in [-0.15, -0.1) is 0 Å². The topological polar surface area (TPSA) is 152 Å². The molecule has 4 rings (SSSR count). The van der Waals surface area contributed by atoms with Gasteiger partial charge in [0, 0.05) is 17.8 Å². The first kappa shape index (κ1) is 34.7. The van der Waals surface area contributed by atoms with Crippen molar-refractivity contribution >= 4 is 34.9 Å². The predicted octanol–water partition coefficient (Wildman–Crippen LogP) is 4.74. The molecular weight excluding hydrogens is 576 g/mol. The molecule has 0 spiro atoms. The Bertz CT molecular complexity index is 1490. The lowest BCUT2D eigenvalue weighted by Crippen LogP contribution is -2.76. The van der Waals surface area contributed by atoms with Crippen LogP contribution in [0.2, 0.25) is 0 Å². The van der Waals surface area contributed by atoms with E-state index in [1.165, 1.54) is 0 Å². The van der Waals surface area contributed by atoms with Crippen LogP contribution >= 0.6 is 0 Å². The molecule has 0 radical (unpaired) electrons. The van der Waals surface area contributed by atoms with Crippen LogP contribution in [-0.2, 0) is 41.6 Å². The van der Waals surface area contributed by atoms with Crippen LogP contribution in [-0.4, -0.2) is 57.3 Å². The van der Waals surface area contributed by atoms with Crippen LogP contribution in [0.1, 0.15) is 115 Å². The van der Waals surface area contributed by atoms with Gasteiger partial charge in [-0.05, 0) is 65.5 Å². The highest BCUT2D eigenvalue weighted by atomic mass is 16.5. The van der Waals surface area contributed by atoms with Gasteiger partial charge in [0.2, 0.25) is 0 Å². The average Bonchev–Trinajstić information content (AvgIpc) is 2.88. The zero-order valence-electron chi connectivity index (χ0n) is 28.3. The molecule has 0 saturated heterocycles. The normalized spacial score (nSPS) is 31.5. The largest absolute Gasteiger partial charge is 0.507 e. The minimum Gasteiger partial charge on any atom is -0.507 e. The lowest BCUT2D eigenvalue weighted by Gasteiger charge is -2.62. The summed E-state index contributed by atoms with van der Waals surface area (Å²) in [6, 6.07) is 1.80. The predicted molar refractivity (Wildman–Crippen MR) is 166 cm³/mol. The van der Waals surface area contributed by atoms with Crippen molar-refractivity contribution in [3.8, 4) is 5.75 Å². The fourth-order valence-corrected chi connectivity index (χ4v) is 8.60. The van der Waals surface area contributed by atoms with E-state index in [1.54, 1.807) is 33.8 Å². The summed E-state index contributed by atoms with van der Waals surface area (Å²) in [4.78, 5) is 81.6. The Labute approximate surface area is 265 Å². The molecule has 0 bridgehead atoms. The lowest BCUT2D eigenvalue weighted by atomic mass is 9.39. The van der Waals surface area contributed by atoms with Crippen LogP contribution in [0.15, 0.2) is 6.07 Å². The molecule has 0 aliphatic heterocycles.